The van der Waals surface area contributed by atoms with Gasteiger partial charge in [0.15, 0.2) is 0 Å². The van der Waals surface area contributed by atoms with Crippen molar-refractivity contribution in [1.82, 2.24) is 0 Å². The first-order valence-corrected chi connectivity index (χ1v) is 6.54. The van der Waals surface area contributed by atoms with Crippen molar-refractivity contribution in [2.24, 2.45) is 0 Å². The summed E-state index contributed by atoms with van der Waals surface area (Å²) in [5.41, 5.74) is 8.16. The first-order chi connectivity index (χ1) is 8.99. The van der Waals surface area contributed by atoms with Gasteiger partial charge in [-0.05, 0) is 37.5 Å². The van der Waals surface area contributed by atoms with Crippen molar-refractivity contribution in [2.75, 3.05) is 23.7 Å². The lowest BCUT2D eigenvalue weighted by atomic mass is 9.99. The number of benzene rings is 1. The average molecular weight is 264 g/mol. The Labute approximate surface area is 112 Å². The van der Waals surface area contributed by atoms with Crippen LogP contribution >= 0.6 is 0 Å². The number of nitrogen functional groups attached to an aromatic ring is 1. The Balaban J connectivity index is 2.21. The molecule has 1 aromatic rings. The number of aliphatic hydroxyl groups excluding tert-OH is 1. The van der Waals surface area contributed by atoms with E-state index < -0.39 is 11.9 Å². The summed E-state index contributed by atoms with van der Waals surface area (Å²) in [6, 6.07) is 5.36. The van der Waals surface area contributed by atoms with E-state index in [4.69, 9.17) is 10.8 Å². The highest BCUT2D eigenvalue weighted by Crippen LogP contribution is 2.29. The maximum Gasteiger partial charge on any atom is 0.310 e. The lowest BCUT2D eigenvalue weighted by Gasteiger charge is -2.33. The third-order valence-electron chi connectivity index (χ3n) is 3.66. The van der Waals surface area contributed by atoms with E-state index in [0.717, 1.165) is 25.1 Å². The van der Waals surface area contributed by atoms with Crippen LogP contribution in [0.2, 0.25) is 0 Å². The molecule has 0 amide bonds. The lowest BCUT2D eigenvalue weighted by molar-refractivity contribution is -0.138. The van der Waals surface area contributed by atoms with Gasteiger partial charge in [0.2, 0.25) is 0 Å². The van der Waals surface area contributed by atoms with Crippen LogP contribution in [0.5, 0.6) is 0 Å². The van der Waals surface area contributed by atoms with Crippen LogP contribution in [0.1, 0.15) is 31.2 Å². The summed E-state index contributed by atoms with van der Waals surface area (Å²) < 4.78 is 0. The van der Waals surface area contributed by atoms with E-state index in [0.29, 0.717) is 17.8 Å². The number of anilines is 2. The van der Waals surface area contributed by atoms with E-state index in [-0.39, 0.29) is 6.10 Å². The molecule has 4 N–H and O–H groups in total. The molecule has 0 aliphatic carbocycles. The largest absolute Gasteiger partial charge is 0.481 e. The second-order valence-corrected chi connectivity index (χ2v) is 5.12. The number of aliphatic carboxylic acids is 1. The number of carbonyl (C=O) groups is 1. The van der Waals surface area contributed by atoms with Gasteiger partial charge in [0, 0.05) is 13.1 Å². The third-order valence-corrected chi connectivity index (χ3v) is 3.66. The number of β-amino-alcohol motifs (C(OH)–C–C–N with tert-alkyl or cyclic N) is 1. The average Bonchev–Trinajstić information content (AvgIpc) is 2.37. The zero-order valence-electron chi connectivity index (χ0n) is 11.0. The van der Waals surface area contributed by atoms with Crippen LogP contribution < -0.4 is 10.6 Å². The number of hydrogen-bond donors (Lipinski definition) is 3. The minimum Gasteiger partial charge on any atom is -0.481 e. The van der Waals surface area contributed by atoms with E-state index in [2.05, 4.69) is 4.90 Å². The SMILES string of the molecule is CC(C(=O)O)c1ccc(N2CCCC(O)C2)c(N)c1. The number of aliphatic hydroxyl groups is 1. The van der Waals surface area contributed by atoms with Crippen molar-refractivity contribution in [2.45, 2.75) is 31.8 Å². The fourth-order valence-corrected chi connectivity index (χ4v) is 2.45. The van der Waals surface area contributed by atoms with Crippen LogP contribution in [0.3, 0.4) is 0 Å². The monoisotopic (exact) mass is 264 g/mol. The van der Waals surface area contributed by atoms with Gasteiger partial charge < -0.3 is 20.8 Å². The molecule has 2 atom stereocenters. The lowest BCUT2D eigenvalue weighted by Crippen LogP contribution is -2.38. The number of nitrogens with two attached hydrogens (primary N) is 1. The Bertz CT molecular complexity index is 476. The van der Waals surface area contributed by atoms with Crippen molar-refractivity contribution in [3.8, 4) is 0 Å². The molecule has 104 valence electrons. The van der Waals surface area contributed by atoms with Gasteiger partial charge in [-0.25, -0.2) is 0 Å². The van der Waals surface area contributed by atoms with Crippen LogP contribution in [0.25, 0.3) is 0 Å². The van der Waals surface area contributed by atoms with Gasteiger partial charge in [-0.15, -0.1) is 0 Å². The fourth-order valence-electron chi connectivity index (χ4n) is 2.45. The van der Waals surface area contributed by atoms with E-state index in [1.807, 2.05) is 6.07 Å². The van der Waals surface area contributed by atoms with Crippen LogP contribution in [0.4, 0.5) is 11.4 Å². The molecule has 1 heterocycles. The highest BCUT2D eigenvalue weighted by atomic mass is 16.4. The topological polar surface area (TPSA) is 86.8 Å². The molecule has 0 aromatic heterocycles. The molecule has 1 aliphatic rings. The molecule has 0 bridgehead atoms. The smallest absolute Gasteiger partial charge is 0.310 e. The number of hydrogen-bond acceptors (Lipinski definition) is 4. The summed E-state index contributed by atoms with van der Waals surface area (Å²) in [7, 11) is 0. The van der Waals surface area contributed by atoms with Crippen LogP contribution in [0.15, 0.2) is 18.2 Å². The Morgan fingerprint density at radius 2 is 2.26 bits per heavy atom. The van der Waals surface area contributed by atoms with Gasteiger partial charge in [0.25, 0.3) is 0 Å². The number of carboxylic acid groups (broad SMARTS) is 1. The van der Waals surface area contributed by atoms with Gasteiger partial charge in [0.05, 0.1) is 23.4 Å². The molecule has 1 aliphatic heterocycles. The van der Waals surface area contributed by atoms with Crippen LogP contribution in [-0.4, -0.2) is 35.4 Å². The Kier molecular flexibility index (Phi) is 3.95. The standard InChI is InChI=1S/C14H20N2O3/c1-9(14(18)19)10-4-5-13(12(15)7-10)16-6-2-3-11(17)8-16/h4-5,7,9,11,17H,2-3,6,8,15H2,1H3,(H,18,19). The van der Waals surface area contributed by atoms with Crippen LogP contribution in [-0.2, 0) is 4.79 Å². The van der Waals surface area contributed by atoms with E-state index in [1.165, 1.54) is 0 Å². The van der Waals surface area contributed by atoms with Crippen molar-refractivity contribution in [3.05, 3.63) is 23.8 Å². The predicted octanol–water partition coefficient (Wildman–Crippen LogP) is 1.42. The molecular formula is C14H20N2O3. The highest BCUT2D eigenvalue weighted by molar-refractivity contribution is 5.78. The minimum absolute atomic E-state index is 0.314. The molecule has 5 heteroatoms. The number of rotatable bonds is 3. The molecule has 19 heavy (non-hydrogen) atoms. The number of piperidine rings is 1. The summed E-state index contributed by atoms with van der Waals surface area (Å²) in [5.74, 6) is -1.43. The summed E-state index contributed by atoms with van der Waals surface area (Å²) in [4.78, 5) is 13.0. The first-order valence-electron chi connectivity index (χ1n) is 6.54. The number of carboxylic acids is 1. The molecule has 0 saturated carbocycles. The Morgan fingerprint density at radius 3 is 2.84 bits per heavy atom. The molecule has 2 unspecified atom stereocenters. The Morgan fingerprint density at radius 1 is 1.53 bits per heavy atom. The zero-order valence-corrected chi connectivity index (χ0v) is 11.0. The highest BCUT2D eigenvalue weighted by Gasteiger charge is 2.21. The molecule has 0 radical (unpaired) electrons. The van der Waals surface area contributed by atoms with Crippen LogP contribution in [0, 0.1) is 0 Å². The van der Waals surface area contributed by atoms with Gasteiger partial charge in [0.1, 0.15) is 0 Å². The third kappa shape index (κ3) is 2.98. The molecule has 0 spiro atoms. The summed E-state index contributed by atoms with van der Waals surface area (Å²) >= 11 is 0. The van der Waals surface area contributed by atoms with Crippen molar-refractivity contribution in [1.29, 1.82) is 0 Å². The quantitative estimate of drug-likeness (QED) is 0.719. The summed E-state index contributed by atoms with van der Waals surface area (Å²) in [5, 5.41) is 18.7. The molecular weight excluding hydrogens is 244 g/mol. The van der Waals surface area contributed by atoms with Crippen molar-refractivity contribution >= 4 is 17.3 Å². The summed E-state index contributed by atoms with van der Waals surface area (Å²) in [6.45, 7) is 3.09. The fraction of sp³-hybridized carbons (Fsp3) is 0.500. The number of nitrogens with zero attached hydrogens (tertiary/aromatic N) is 1. The Hall–Kier alpha value is -1.75. The molecule has 1 saturated heterocycles. The maximum atomic E-state index is 11.0. The van der Waals surface area contributed by atoms with Gasteiger partial charge in [-0.2, -0.15) is 0 Å². The van der Waals surface area contributed by atoms with E-state index in [9.17, 15) is 9.90 Å². The zero-order chi connectivity index (χ0) is 14.0. The second kappa shape index (κ2) is 5.48. The van der Waals surface area contributed by atoms with E-state index >= 15 is 0 Å². The first kappa shape index (κ1) is 13.7. The molecule has 2 rings (SSSR count). The molecule has 1 aromatic carbocycles. The van der Waals surface area contributed by atoms with Crippen molar-refractivity contribution in [3.63, 3.8) is 0 Å². The van der Waals surface area contributed by atoms with Gasteiger partial charge >= 0.3 is 5.97 Å². The van der Waals surface area contributed by atoms with Gasteiger partial charge in [-0.3, -0.25) is 4.79 Å². The van der Waals surface area contributed by atoms with Gasteiger partial charge in [-0.1, -0.05) is 6.07 Å². The molecule has 1 fully saturated rings. The summed E-state index contributed by atoms with van der Waals surface area (Å²) in [6.07, 6.45) is 1.45. The molecule has 5 nitrogen and oxygen atoms in total. The van der Waals surface area contributed by atoms with Crippen molar-refractivity contribution < 1.29 is 15.0 Å². The van der Waals surface area contributed by atoms with E-state index in [1.54, 1.807) is 19.1 Å². The second-order valence-electron chi connectivity index (χ2n) is 5.12. The minimum atomic E-state index is -0.861. The normalized spacial score (nSPS) is 21.2. The predicted molar refractivity (Wildman–Crippen MR) is 74.4 cm³/mol. The maximum absolute atomic E-state index is 11.0.